The summed E-state index contributed by atoms with van der Waals surface area (Å²) >= 11 is 3.46. The summed E-state index contributed by atoms with van der Waals surface area (Å²) in [5.41, 5.74) is 2.70. The van der Waals surface area contributed by atoms with Crippen LogP contribution in [0.1, 0.15) is 27.9 Å². The number of amides is 1. The lowest BCUT2D eigenvalue weighted by Gasteiger charge is -2.20. The molecule has 0 aromatic heterocycles. The van der Waals surface area contributed by atoms with Gasteiger partial charge in [-0.2, -0.15) is 0 Å². The molecule has 0 fully saturated rings. The molecule has 108 valence electrons. The van der Waals surface area contributed by atoms with E-state index in [0.717, 1.165) is 11.1 Å². The van der Waals surface area contributed by atoms with Crippen LogP contribution in [0.2, 0.25) is 0 Å². The van der Waals surface area contributed by atoms with Crippen molar-refractivity contribution in [2.75, 3.05) is 5.32 Å². The maximum absolute atomic E-state index is 14.3. The molecule has 0 saturated carbocycles. The van der Waals surface area contributed by atoms with Gasteiger partial charge in [0.1, 0.15) is 11.6 Å². The summed E-state index contributed by atoms with van der Waals surface area (Å²) in [6.45, 7) is 0. The highest BCUT2D eigenvalue weighted by Gasteiger charge is 2.21. The molecule has 3 rings (SSSR count). The minimum absolute atomic E-state index is 0.0939. The number of hydrogen-bond donors (Lipinski definition) is 1. The third-order valence-corrected chi connectivity index (χ3v) is 4.58. The number of anilines is 1. The van der Waals surface area contributed by atoms with E-state index in [9.17, 15) is 13.6 Å². The molecule has 1 heterocycles. The second-order valence-electron chi connectivity index (χ2n) is 4.99. The molecule has 21 heavy (non-hydrogen) atoms. The van der Waals surface area contributed by atoms with Crippen LogP contribution in [0.3, 0.4) is 0 Å². The van der Waals surface area contributed by atoms with Crippen molar-refractivity contribution < 1.29 is 13.6 Å². The molecule has 1 aliphatic rings. The summed E-state index contributed by atoms with van der Waals surface area (Å²) in [6, 6.07) is 9.04. The lowest BCUT2D eigenvalue weighted by Crippen LogP contribution is -2.19. The largest absolute Gasteiger partial charge is 0.326 e. The lowest BCUT2D eigenvalue weighted by molar-refractivity contribution is -0.116. The van der Waals surface area contributed by atoms with Crippen LogP contribution in [-0.4, -0.2) is 5.91 Å². The Morgan fingerprint density at radius 2 is 1.81 bits per heavy atom. The molecule has 0 saturated heterocycles. The maximum Gasteiger partial charge on any atom is 0.224 e. The van der Waals surface area contributed by atoms with Gasteiger partial charge in [0, 0.05) is 17.7 Å². The second-order valence-corrected chi connectivity index (χ2v) is 5.91. The standard InChI is InChI=1S/C16H12BrF2NO/c17-16(9-1-4-11(18)5-2-9)12-7-10-3-6-15(21)20-14(10)8-13(12)19/h1-2,4-5,7-8,16H,3,6H2,(H,20,21). The van der Waals surface area contributed by atoms with Gasteiger partial charge in [-0.1, -0.05) is 28.1 Å². The Morgan fingerprint density at radius 1 is 1.10 bits per heavy atom. The molecule has 2 aromatic rings. The van der Waals surface area contributed by atoms with Crippen LogP contribution < -0.4 is 5.32 Å². The van der Waals surface area contributed by atoms with Gasteiger partial charge >= 0.3 is 0 Å². The summed E-state index contributed by atoms with van der Waals surface area (Å²) < 4.78 is 27.2. The molecular weight excluding hydrogens is 340 g/mol. The fourth-order valence-corrected chi connectivity index (χ4v) is 3.08. The second kappa shape index (κ2) is 5.56. The Labute approximate surface area is 129 Å². The number of halogens is 3. The van der Waals surface area contributed by atoms with E-state index in [0.29, 0.717) is 24.1 Å². The van der Waals surface area contributed by atoms with Gasteiger partial charge in [-0.05, 0) is 41.8 Å². The van der Waals surface area contributed by atoms with Crippen molar-refractivity contribution in [1.29, 1.82) is 0 Å². The van der Waals surface area contributed by atoms with E-state index in [-0.39, 0.29) is 16.6 Å². The quantitative estimate of drug-likeness (QED) is 0.801. The normalized spacial score (nSPS) is 15.3. The van der Waals surface area contributed by atoms with Gasteiger partial charge in [-0.15, -0.1) is 0 Å². The number of carbonyl (C=O) groups excluding carboxylic acids is 1. The topological polar surface area (TPSA) is 29.1 Å². The van der Waals surface area contributed by atoms with E-state index >= 15 is 0 Å². The molecular formula is C16H12BrF2NO. The van der Waals surface area contributed by atoms with Crippen LogP contribution in [0.15, 0.2) is 36.4 Å². The minimum atomic E-state index is -0.401. The van der Waals surface area contributed by atoms with Crippen LogP contribution in [-0.2, 0) is 11.2 Å². The van der Waals surface area contributed by atoms with E-state index < -0.39 is 5.82 Å². The smallest absolute Gasteiger partial charge is 0.224 e. The minimum Gasteiger partial charge on any atom is -0.326 e. The average molecular weight is 352 g/mol. The van der Waals surface area contributed by atoms with Gasteiger partial charge in [-0.3, -0.25) is 4.79 Å². The van der Waals surface area contributed by atoms with E-state index in [2.05, 4.69) is 21.2 Å². The van der Waals surface area contributed by atoms with Gasteiger partial charge in [0.2, 0.25) is 5.91 Å². The van der Waals surface area contributed by atoms with E-state index in [1.54, 1.807) is 18.2 Å². The first kappa shape index (κ1) is 14.2. The molecule has 0 radical (unpaired) electrons. The van der Waals surface area contributed by atoms with Crippen molar-refractivity contribution in [2.24, 2.45) is 0 Å². The number of carbonyl (C=O) groups is 1. The van der Waals surface area contributed by atoms with Crippen molar-refractivity contribution in [3.63, 3.8) is 0 Å². The monoisotopic (exact) mass is 351 g/mol. The first-order valence-electron chi connectivity index (χ1n) is 6.56. The Bertz CT molecular complexity index is 700. The van der Waals surface area contributed by atoms with E-state index in [1.165, 1.54) is 18.2 Å². The molecule has 2 aromatic carbocycles. The first-order chi connectivity index (χ1) is 10.0. The van der Waals surface area contributed by atoms with Crippen molar-refractivity contribution >= 4 is 27.5 Å². The Balaban J connectivity index is 1.98. The number of benzene rings is 2. The van der Waals surface area contributed by atoms with Crippen LogP contribution in [0.25, 0.3) is 0 Å². The first-order valence-corrected chi connectivity index (χ1v) is 7.48. The number of nitrogens with one attached hydrogen (secondary N) is 1. The van der Waals surface area contributed by atoms with Crippen LogP contribution >= 0.6 is 15.9 Å². The van der Waals surface area contributed by atoms with Crippen molar-refractivity contribution in [3.05, 3.63) is 64.7 Å². The fraction of sp³-hybridized carbons (Fsp3) is 0.188. The summed E-state index contributed by atoms with van der Waals surface area (Å²) in [4.78, 5) is 11.0. The highest BCUT2D eigenvalue weighted by molar-refractivity contribution is 9.09. The van der Waals surface area contributed by atoms with E-state index in [4.69, 9.17) is 0 Å². The zero-order valence-corrected chi connectivity index (χ0v) is 12.6. The molecule has 1 atom stereocenters. The molecule has 5 heteroatoms. The fourth-order valence-electron chi connectivity index (χ4n) is 2.43. The average Bonchev–Trinajstić information content (AvgIpc) is 2.46. The zero-order chi connectivity index (χ0) is 15.0. The third kappa shape index (κ3) is 2.83. The Morgan fingerprint density at radius 3 is 2.52 bits per heavy atom. The Hall–Kier alpha value is -1.75. The molecule has 0 spiro atoms. The maximum atomic E-state index is 14.3. The summed E-state index contributed by atoms with van der Waals surface area (Å²) in [5.74, 6) is -0.821. The molecule has 2 nitrogen and oxygen atoms in total. The lowest BCUT2D eigenvalue weighted by atomic mass is 9.96. The van der Waals surface area contributed by atoms with Crippen molar-refractivity contribution in [3.8, 4) is 0 Å². The predicted octanol–water partition coefficient (Wildman–Crippen LogP) is 4.33. The zero-order valence-electron chi connectivity index (χ0n) is 11.0. The van der Waals surface area contributed by atoms with Gasteiger partial charge in [0.25, 0.3) is 0 Å². The van der Waals surface area contributed by atoms with Crippen LogP contribution in [0.5, 0.6) is 0 Å². The molecule has 1 unspecified atom stereocenters. The number of rotatable bonds is 2. The predicted molar refractivity (Wildman–Crippen MR) is 80.5 cm³/mol. The number of alkyl halides is 1. The number of fused-ring (bicyclic) bond motifs is 1. The molecule has 0 bridgehead atoms. The van der Waals surface area contributed by atoms with Crippen molar-refractivity contribution in [1.82, 2.24) is 0 Å². The molecule has 1 N–H and O–H groups in total. The number of aryl methyl sites for hydroxylation is 1. The van der Waals surface area contributed by atoms with Crippen LogP contribution in [0, 0.1) is 11.6 Å². The highest BCUT2D eigenvalue weighted by Crippen LogP contribution is 2.36. The molecule has 1 amide bonds. The van der Waals surface area contributed by atoms with Gasteiger partial charge in [0.05, 0.1) is 4.83 Å². The summed E-state index contributed by atoms with van der Waals surface area (Å²) in [6.07, 6.45) is 0.999. The SMILES string of the molecule is O=C1CCc2cc(C(Br)c3ccc(F)cc3)c(F)cc2N1. The van der Waals surface area contributed by atoms with E-state index in [1.807, 2.05) is 0 Å². The highest BCUT2D eigenvalue weighted by atomic mass is 79.9. The molecule has 1 aliphatic heterocycles. The molecule has 0 aliphatic carbocycles. The van der Waals surface area contributed by atoms with Gasteiger partial charge < -0.3 is 5.32 Å². The third-order valence-electron chi connectivity index (χ3n) is 3.55. The Kier molecular flexibility index (Phi) is 3.76. The summed E-state index contributed by atoms with van der Waals surface area (Å²) in [5, 5.41) is 2.67. The van der Waals surface area contributed by atoms with Crippen molar-refractivity contribution in [2.45, 2.75) is 17.7 Å². The van der Waals surface area contributed by atoms with Gasteiger partial charge in [-0.25, -0.2) is 8.78 Å². The number of hydrogen-bond acceptors (Lipinski definition) is 1. The summed E-state index contributed by atoms with van der Waals surface area (Å²) in [7, 11) is 0. The van der Waals surface area contributed by atoms with Gasteiger partial charge in [0.15, 0.2) is 0 Å². The van der Waals surface area contributed by atoms with Crippen LogP contribution in [0.4, 0.5) is 14.5 Å².